The maximum absolute atomic E-state index is 13.6. The number of nitrogens with two attached hydrogens (primary N) is 1. The van der Waals surface area contributed by atoms with Crippen LogP contribution in [0.15, 0.2) is 24.5 Å². The van der Waals surface area contributed by atoms with Gasteiger partial charge in [0.15, 0.2) is 19.8 Å². The molecule has 0 aromatic carbocycles. The number of carbonyl (C=O) groups excluding carboxylic acids is 2. The van der Waals surface area contributed by atoms with Gasteiger partial charge in [-0.3, -0.25) is 0 Å². The molecule has 4 fully saturated rings. The van der Waals surface area contributed by atoms with Crippen LogP contribution in [0, 0.1) is 6.92 Å². The first kappa shape index (κ1) is 53.6. The molecule has 4 atom stereocenters. The number of hydrogen-bond acceptors (Lipinski definition) is 19. The summed E-state index contributed by atoms with van der Waals surface area (Å²) in [5.74, 6) is -0.0374. The van der Waals surface area contributed by atoms with Gasteiger partial charge in [0.1, 0.15) is 23.9 Å². The van der Waals surface area contributed by atoms with Gasteiger partial charge in [0, 0.05) is 32.4 Å². The SMILES string of the molecule is C[C@H]1OC(=O)N(c2nc(-c3cnc(N)nc3C(F)F)nc(N3CCOCC3)n2)[C@H]1CO.C[C@H]1OC(=O)N[C@H]1CO[Si](C)(C)C(C)(C)C.Cc1cc[n+](-c2nc(Cl)nc(N3CCOCC3)n2)c(C(F)F)c1. The first-order valence-corrected chi connectivity index (χ1v) is 25.6. The minimum atomic E-state index is -2.96. The highest BCUT2D eigenvalue weighted by Crippen LogP contribution is 2.37. The third-order valence-electron chi connectivity index (χ3n) is 12.0. The zero-order valence-corrected chi connectivity index (χ0v) is 41.7. The van der Waals surface area contributed by atoms with Crippen LogP contribution in [-0.2, 0) is 23.4 Å². The molecule has 8 rings (SSSR count). The first-order valence-electron chi connectivity index (χ1n) is 22.3. The summed E-state index contributed by atoms with van der Waals surface area (Å²) in [7, 11) is -1.73. The van der Waals surface area contributed by atoms with Crippen LogP contribution < -0.4 is 30.3 Å². The zero-order chi connectivity index (χ0) is 51.1. The van der Waals surface area contributed by atoms with Crippen LogP contribution in [0.2, 0.25) is 23.4 Å². The van der Waals surface area contributed by atoms with Crippen molar-refractivity contribution in [1.29, 1.82) is 0 Å². The van der Waals surface area contributed by atoms with Crippen molar-refractivity contribution in [2.24, 2.45) is 0 Å². The number of aromatic nitrogens is 9. The molecule has 0 saturated carbocycles. The molecule has 382 valence electrons. The van der Waals surface area contributed by atoms with E-state index in [-0.39, 0.29) is 69.4 Å². The van der Waals surface area contributed by atoms with E-state index in [1.54, 1.807) is 24.8 Å². The number of anilines is 4. The highest BCUT2D eigenvalue weighted by Gasteiger charge is 2.43. The van der Waals surface area contributed by atoms with Crippen LogP contribution in [0.3, 0.4) is 0 Å². The summed E-state index contributed by atoms with van der Waals surface area (Å²) < 4.78 is 81.9. The molecule has 4 aliphatic heterocycles. The second-order valence-electron chi connectivity index (χ2n) is 17.9. The van der Waals surface area contributed by atoms with Crippen molar-refractivity contribution < 1.29 is 60.2 Å². The second kappa shape index (κ2) is 23.0. The van der Waals surface area contributed by atoms with Gasteiger partial charge in [-0.05, 0) is 78.2 Å². The number of nitrogens with one attached hydrogen (secondary N) is 1. The van der Waals surface area contributed by atoms with Gasteiger partial charge in [0.2, 0.25) is 17.8 Å². The highest BCUT2D eigenvalue weighted by atomic mass is 35.5. The van der Waals surface area contributed by atoms with E-state index in [1.807, 2.05) is 11.8 Å². The minimum absolute atomic E-state index is 0.0124. The highest BCUT2D eigenvalue weighted by molar-refractivity contribution is 6.74. The number of pyridine rings is 1. The number of hydrogen-bond donors (Lipinski definition) is 3. The minimum Gasteiger partial charge on any atom is -0.444 e. The Morgan fingerprint density at radius 2 is 1.51 bits per heavy atom. The molecule has 4 aliphatic rings. The molecule has 0 bridgehead atoms. The Kier molecular flexibility index (Phi) is 17.6. The lowest BCUT2D eigenvalue weighted by Gasteiger charge is -2.37. The number of aryl methyl sites for hydroxylation is 1. The summed E-state index contributed by atoms with van der Waals surface area (Å²) in [6.07, 6.45) is -4.84. The van der Waals surface area contributed by atoms with E-state index >= 15 is 0 Å². The van der Waals surface area contributed by atoms with E-state index in [1.165, 1.54) is 16.8 Å². The van der Waals surface area contributed by atoms with Crippen molar-refractivity contribution in [3.05, 3.63) is 46.8 Å². The maximum Gasteiger partial charge on any atom is 0.444 e. The molecule has 0 radical (unpaired) electrons. The molecule has 4 saturated heterocycles. The third-order valence-corrected chi connectivity index (χ3v) is 16.7. The normalized spacial score (nSPS) is 20.7. The number of carbonyl (C=O) groups is 2. The molecular weight excluding hydrogens is 968 g/mol. The summed E-state index contributed by atoms with van der Waals surface area (Å²) in [5.41, 5.74) is 5.20. The molecule has 4 N–H and O–H groups in total. The van der Waals surface area contributed by atoms with Crippen molar-refractivity contribution in [2.75, 3.05) is 86.3 Å². The average Bonchev–Trinajstić information content (AvgIpc) is 3.81. The standard InChI is InChI=1S/C17H20F2N8O4.C14H15ClF2N5O.C11H23NO3Si/c1-8-10(7-28)27(17(29)31-8)16-24-13(9-6-21-14(20)22-11(9)12(18)19)23-15(25-16)26-2-4-30-5-3-26;1-9-2-3-22(10(8-9)11(16)17)14-19-12(15)18-13(20-14)21-4-6-23-7-5-21;1-8-9(12-10(13)15-8)7-14-16(5,6)11(2,3)4/h6,8,10,12,28H,2-5,7H2,1H3,(H2,20,21,22);2-3,8,11H,4-7H2,1H3;8-9H,7H2,1-6H3,(H,12,13)/q;+1;/t8-,10+;;8-,9+/m1.1/s1. The molecular formula is C42H58ClF4N14O8Si+. The van der Waals surface area contributed by atoms with Crippen LogP contribution in [0.1, 0.15) is 64.4 Å². The number of alkyl halides is 4. The monoisotopic (exact) mass is 1030 g/mol. The van der Waals surface area contributed by atoms with Crippen molar-refractivity contribution in [2.45, 2.75) is 96.8 Å². The van der Waals surface area contributed by atoms with Crippen molar-refractivity contribution in [3.63, 3.8) is 0 Å². The molecule has 4 aromatic rings. The van der Waals surface area contributed by atoms with Crippen LogP contribution >= 0.6 is 11.6 Å². The topological polar surface area (TPSA) is 255 Å². The van der Waals surface area contributed by atoms with Crippen LogP contribution in [0.5, 0.6) is 0 Å². The predicted molar refractivity (Wildman–Crippen MR) is 248 cm³/mol. The number of aliphatic hydroxyl groups excluding tert-OH is 1. The van der Waals surface area contributed by atoms with Gasteiger partial charge in [-0.2, -0.15) is 24.5 Å². The Balaban J connectivity index is 0.000000182. The van der Waals surface area contributed by atoms with E-state index in [4.69, 9.17) is 40.7 Å². The molecule has 28 heteroatoms. The summed E-state index contributed by atoms with van der Waals surface area (Å²) in [6, 6.07) is 2.34. The largest absolute Gasteiger partial charge is 0.444 e. The van der Waals surface area contributed by atoms with Crippen LogP contribution in [0.25, 0.3) is 17.3 Å². The number of amides is 2. The molecule has 70 heavy (non-hydrogen) atoms. The van der Waals surface area contributed by atoms with Gasteiger partial charge in [-0.1, -0.05) is 20.8 Å². The predicted octanol–water partition coefficient (Wildman–Crippen LogP) is 4.78. The summed E-state index contributed by atoms with van der Waals surface area (Å²) in [6.45, 7) is 20.5. The number of nitrogens with zero attached hydrogens (tertiary/aromatic N) is 12. The smallest absolute Gasteiger partial charge is 0.444 e. The molecule has 0 aliphatic carbocycles. The Labute approximate surface area is 407 Å². The lowest BCUT2D eigenvalue weighted by Crippen LogP contribution is -2.45. The maximum atomic E-state index is 13.6. The second-order valence-corrected chi connectivity index (χ2v) is 23.1. The number of halogens is 5. The number of rotatable bonds is 11. The molecule has 8 heterocycles. The fraction of sp³-hybridized carbons (Fsp3) is 0.595. The van der Waals surface area contributed by atoms with Crippen molar-refractivity contribution in [1.82, 2.24) is 45.2 Å². The lowest BCUT2D eigenvalue weighted by molar-refractivity contribution is -0.618. The van der Waals surface area contributed by atoms with Gasteiger partial charge >= 0.3 is 29.4 Å². The molecule has 0 unspecified atom stereocenters. The fourth-order valence-corrected chi connectivity index (χ4v) is 8.08. The molecule has 2 amide bonds. The number of morpholine rings is 2. The van der Waals surface area contributed by atoms with Gasteiger partial charge in [0.25, 0.3) is 12.9 Å². The van der Waals surface area contributed by atoms with E-state index in [0.29, 0.717) is 65.2 Å². The van der Waals surface area contributed by atoms with Gasteiger partial charge < -0.3 is 49.3 Å². The Morgan fingerprint density at radius 1 is 0.900 bits per heavy atom. The molecule has 0 spiro atoms. The fourth-order valence-electron chi connectivity index (χ4n) is 6.90. The van der Waals surface area contributed by atoms with Crippen LogP contribution in [-0.4, -0.2) is 156 Å². The molecule has 22 nitrogen and oxygen atoms in total. The number of ether oxygens (including phenoxy) is 4. The van der Waals surface area contributed by atoms with Crippen molar-refractivity contribution >= 4 is 55.9 Å². The Morgan fingerprint density at radius 3 is 2.07 bits per heavy atom. The summed E-state index contributed by atoms with van der Waals surface area (Å²) >= 11 is 5.96. The first-order chi connectivity index (χ1) is 33.1. The van der Waals surface area contributed by atoms with E-state index in [9.17, 15) is 32.3 Å². The number of aliphatic hydroxyl groups is 1. The van der Waals surface area contributed by atoms with Gasteiger partial charge in [-0.25, -0.2) is 42.0 Å². The lowest BCUT2D eigenvalue weighted by atomic mass is 10.2. The van der Waals surface area contributed by atoms with Crippen LogP contribution in [0.4, 0.5) is 50.9 Å². The quantitative estimate of drug-likeness (QED) is 0.104. The summed E-state index contributed by atoms with van der Waals surface area (Å²) in [4.78, 5) is 60.8. The van der Waals surface area contributed by atoms with E-state index in [2.05, 4.69) is 79.1 Å². The Bertz CT molecular complexity index is 2460. The third kappa shape index (κ3) is 13.2. The van der Waals surface area contributed by atoms with Gasteiger partial charge in [0.05, 0.1) is 57.4 Å². The Hall–Kier alpha value is -5.74. The number of alkyl carbamates (subject to hydrolysis) is 1. The molecule has 4 aromatic heterocycles. The van der Waals surface area contributed by atoms with E-state index in [0.717, 1.165) is 16.7 Å². The van der Waals surface area contributed by atoms with E-state index < -0.39 is 51.7 Å². The van der Waals surface area contributed by atoms with Crippen molar-refractivity contribution in [3.8, 4) is 17.3 Å². The van der Waals surface area contributed by atoms with Gasteiger partial charge in [-0.15, -0.1) is 0 Å². The summed E-state index contributed by atoms with van der Waals surface area (Å²) in [5, 5.41) is 12.7. The number of nitrogen functional groups attached to an aromatic ring is 1. The zero-order valence-electron chi connectivity index (χ0n) is 40.0. The average molecular weight is 1030 g/mol. The number of cyclic esters (lactones) is 2.